The fourth-order valence-electron chi connectivity index (χ4n) is 11.9. The molecule has 16 heteroatoms. The van der Waals surface area contributed by atoms with Gasteiger partial charge in [0, 0.05) is 54.6 Å². The summed E-state index contributed by atoms with van der Waals surface area (Å²) in [5, 5.41) is 5.54. The van der Waals surface area contributed by atoms with E-state index in [4.69, 9.17) is 19.2 Å². The fraction of sp³-hybridized carbons (Fsp3) is 0.396. The molecule has 1 saturated carbocycles. The van der Waals surface area contributed by atoms with Crippen LogP contribution in [0.3, 0.4) is 0 Å². The van der Waals surface area contributed by atoms with Crippen molar-refractivity contribution in [3.63, 3.8) is 0 Å². The van der Waals surface area contributed by atoms with Gasteiger partial charge in [0.2, 0.25) is 5.91 Å². The second-order valence-electron chi connectivity index (χ2n) is 19.1. The third-order valence-corrected chi connectivity index (χ3v) is 15.3. The molecule has 1 aromatic heterocycles. The molecule has 69 heavy (non-hydrogen) atoms. The molecule has 2 bridgehead atoms. The number of aromatic nitrogens is 2. The maximum absolute atomic E-state index is 16.7. The zero-order chi connectivity index (χ0) is 47.6. The number of fused-ring (bicyclic) bond motifs is 6. The summed E-state index contributed by atoms with van der Waals surface area (Å²) >= 11 is 0. The maximum atomic E-state index is 16.7. The molecule has 4 fully saturated rings. The van der Waals surface area contributed by atoms with Crippen LogP contribution in [-0.4, -0.2) is 102 Å². The van der Waals surface area contributed by atoms with E-state index in [0.29, 0.717) is 84.8 Å². The minimum Gasteiger partial charge on any atom is -0.453 e. The first kappa shape index (κ1) is 44.6. The van der Waals surface area contributed by atoms with E-state index in [1.165, 1.54) is 20.3 Å². The summed E-state index contributed by atoms with van der Waals surface area (Å²) in [7, 11) is 2.55. The Balaban J connectivity index is 0.806. The molecule has 5 aromatic rings. The number of aliphatic imine (C=N–C) groups is 1. The van der Waals surface area contributed by atoms with E-state index < -0.39 is 36.2 Å². The van der Waals surface area contributed by atoms with Crippen molar-refractivity contribution in [3.8, 4) is 33.5 Å². The average molecular weight is 938 g/mol. The van der Waals surface area contributed by atoms with Crippen molar-refractivity contribution in [3.05, 3.63) is 119 Å². The largest absolute Gasteiger partial charge is 0.453 e. The summed E-state index contributed by atoms with van der Waals surface area (Å²) in [5.74, 6) is -2.96. The SMILES string of the molecule is COC(=O)N[C@H](C(=O)N1[C@@H]2CC[C@@H](C2)[C@H]1C1=Nc2ccc(-c3ccc4c(c3)C(F)(F)c3cc(-c5cnc([C@@H]6CCCN6C(=O)[C@H](NC(=O)OC)c6ccccc6)[nH]5)ccc3-4)cc2C1)C1CCOCC1. The van der Waals surface area contributed by atoms with Crippen LogP contribution in [0.15, 0.2) is 96.1 Å². The van der Waals surface area contributed by atoms with Gasteiger partial charge in [0.15, 0.2) is 0 Å². The molecule has 6 aliphatic rings. The van der Waals surface area contributed by atoms with Crippen LogP contribution in [0.25, 0.3) is 33.5 Å². The van der Waals surface area contributed by atoms with Crippen molar-refractivity contribution in [1.82, 2.24) is 30.4 Å². The number of imidazole rings is 1. The Morgan fingerprint density at radius 2 is 1.51 bits per heavy atom. The van der Waals surface area contributed by atoms with Gasteiger partial charge in [-0.25, -0.2) is 14.6 Å². The lowest BCUT2D eigenvalue weighted by atomic mass is 9.88. The summed E-state index contributed by atoms with van der Waals surface area (Å²) in [6.45, 7) is 1.52. The number of rotatable bonds is 10. The number of alkyl halides is 2. The van der Waals surface area contributed by atoms with E-state index >= 15 is 8.78 Å². The number of nitrogens with zero attached hydrogens (tertiary/aromatic N) is 4. The number of hydrogen-bond donors (Lipinski definition) is 3. The number of likely N-dealkylation sites (tertiary alicyclic amines) is 2. The lowest BCUT2D eigenvalue weighted by Gasteiger charge is -2.40. The zero-order valence-corrected chi connectivity index (χ0v) is 38.4. The van der Waals surface area contributed by atoms with E-state index in [1.807, 2.05) is 41.3 Å². The van der Waals surface area contributed by atoms with Crippen molar-refractivity contribution in [2.24, 2.45) is 16.8 Å². The molecule has 0 radical (unpaired) electrons. The molecule has 11 rings (SSSR count). The molecule has 14 nitrogen and oxygen atoms in total. The number of hydrogen-bond acceptors (Lipinski definition) is 9. The lowest BCUT2D eigenvalue weighted by Crippen LogP contribution is -2.58. The second kappa shape index (κ2) is 17.9. The quantitative estimate of drug-likeness (QED) is 0.125. The maximum Gasteiger partial charge on any atom is 0.407 e. The Labute approximate surface area is 397 Å². The summed E-state index contributed by atoms with van der Waals surface area (Å²) in [5.41, 5.74) is 6.61. The van der Waals surface area contributed by atoms with E-state index in [0.717, 1.165) is 48.2 Å². The first-order valence-electron chi connectivity index (χ1n) is 23.9. The first-order chi connectivity index (χ1) is 33.5. The number of halogens is 2. The van der Waals surface area contributed by atoms with Crippen LogP contribution >= 0.6 is 0 Å². The molecular formula is C53H53F2N7O7. The summed E-state index contributed by atoms with van der Waals surface area (Å²) in [6.07, 6.45) is 6.27. The Morgan fingerprint density at radius 1 is 0.812 bits per heavy atom. The molecule has 3 N–H and O–H groups in total. The highest BCUT2D eigenvalue weighted by molar-refractivity contribution is 6.02. The van der Waals surface area contributed by atoms with Gasteiger partial charge in [0.05, 0.1) is 43.9 Å². The van der Waals surface area contributed by atoms with Crippen molar-refractivity contribution in [2.75, 3.05) is 34.0 Å². The van der Waals surface area contributed by atoms with Crippen LogP contribution in [0.2, 0.25) is 0 Å². The van der Waals surface area contributed by atoms with Gasteiger partial charge in [0.1, 0.15) is 17.9 Å². The molecule has 5 heterocycles. The monoisotopic (exact) mass is 937 g/mol. The zero-order valence-electron chi connectivity index (χ0n) is 38.4. The van der Waals surface area contributed by atoms with Gasteiger partial charge >= 0.3 is 12.2 Å². The smallest absolute Gasteiger partial charge is 0.407 e. The van der Waals surface area contributed by atoms with Crippen molar-refractivity contribution < 1.29 is 42.2 Å². The molecule has 4 amide bonds. The molecule has 0 spiro atoms. The van der Waals surface area contributed by atoms with Gasteiger partial charge in [-0.3, -0.25) is 14.6 Å². The molecule has 3 saturated heterocycles. The number of amides is 4. The highest BCUT2D eigenvalue weighted by atomic mass is 19.3. The minimum absolute atomic E-state index is 0.0670. The minimum atomic E-state index is -3.29. The van der Waals surface area contributed by atoms with Gasteiger partial charge in [0.25, 0.3) is 11.8 Å². The van der Waals surface area contributed by atoms with Gasteiger partial charge < -0.3 is 39.6 Å². The lowest BCUT2D eigenvalue weighted by molar-refractivity contribution is -0.138. The number of ether oxygens (including phenoxy) is 3. The van der Waals surface area contributed by atoms with Crippen molar-refractivity contribution >= 4 is 35.4 Å². The van der Waals surface area contributed by atoms with Crippen LogP contribution in [0.4, 0.5) is 24.1 Å². The molecule has 0 unspecified atom stereocenters. The van der Waals surface area contributed by atoms with Crippen LogP contribution in [0.5, 0.6) is 0 Å². The third kappa shape index (κ3) is 7.91. The van der Waals surface area contributed by atoms with E-state index in [9.17, 15) is 19.2 Å². The fourth-order valence-corrected chi connectivity index (χ4v) is 11.9. The number of methoxy groups -OCH3 is 2. The van der Waals surface area contributed by atoms with E-state index in [2.05, 4.69) is 20.6 Å². The number of carbonyl (C=O) groups is 4. The highest BCUT2D eigenvalue weighted by Crippen LogP contribution is 2.53. The molecular weight excluding hydrogens is 885 g/mol. The van der Waals surface area contributed by atoms with Gasteiger partial charge in [-0.05, 0) is 114 Å². The first-order valence-corrected chi connectivity index (χ1v) is 23.9. The van der Waals surface area contributed by atoms with Gasteiger partial charge in [-0.15, -0.1) is 0 Å². The summed E-state index contributed by atoms with van der Waals surface area (Å²) in [6, 6.07) is 22.9. The summed E-state index contributed by atoms with van der Waals surface area (Å²) in [4.78, 5) is 70.1. The van der Waals surface area contributed by atoms with E-state index in [-0.39, 0.29) is 46.9 Å². The Morgan fingerprint density at radius 3 is 2.26 bits per heavy atom. The Kier molecular flexibility index (Phi) is 11.5. The van der Waals surface area contributed by atoms with Crippen LogP contribution in [0.1, 0.15) is 85.1 Å². The number of H-pyrrole nitrogens is 1. The second-order valence-corrected chi connectivity index (χ2v) is 19.1. The number of piperidine rings is 1. The standard InChI is InChI=1S/C53H53F2N7O7/c1-67-51(65)59-45(29-7-4-3-5-8-29)49(63)61-20-6-9-44(61)48-56-28-43(58-48)33-12-16-38-37-15-11-32(25-39(37)53(54,55)40(38)26-33)31-13-17-41-35(23-31)27-42(57-41)47-34-10-14-36(24-34)62(47)50(64)46(60-52(66)68-2)30-18-21-69-22-19-30/h3-5,7-8,11-13,15-17,23,25-26,28,30,34,36,44-47H,6,9-10,14,18-22,24,27H2,1-2H3,(H,56,58)(H,59,65)(H,60,66)/t34-,36+,44-,45+,46-,47-/m0/s1. The van der Waals surface area contributed by atoms with Crippen LogP contribution in [0, 0.1) is 11.8 Å². The molecule has 6 atom stereocenters. The average Bonchev–Trinajstić information content (AvgIpc) is 4.26. The number of carbonyl (C=O) groups excluding carboxylic acids is 4. The molecule has 4 aliphatic heterocycles. The predicted molar refractivity (Wildman–Crippen MR) is 252 cm³/mol. The van der Waals surface area contributed by atoms with Crippen LogP contribution in [-0.2, 0) is 36.1 Å². The third-order valence-electron chi connectivity index (χ3n) is 15.3. The van der Waals surface area contributed by atoms with Gasteiger partial charge in [-0.2, -0.15) is 8.78 Å². The molecule has 356 valence electrons. The Hall–Kier alpha value is -6.94. The predicted octanol–water partition coefficient (Wildman–Crippen LogP) is 8.78. The van der Waals surface area contributed by atoms with E-state index in [1.54, 1.807) is 53.6 Å². The normalized spacial score (nSPS) is 22.9. The van der Waals surface area contributed by atoms with Gasteiger partial charge in [-0.1, -0.05) is 60.7 Å². The van der Waals surface area contributed by atoms with Crippen LogP contribution < -0.4 is 10.6 Å². The summed E-state index contributed by atoms with van der Waals surface area (Å²) < 4.78 is 48.8. The van der Waals surface area contributed by atoms with Crippen molar-refractivity contribution in [2.45, 2.75) is 87.5 Å². The highest BCUT2D eigenvalue weighted by Gasteiger charge is 2.53. The number of aromatic amines is 1. The topological polar surface area (TPSA) is 168 Å². The molecule has 2 aliphatic carbocycles. The number of benzene rings is 4. The number of nitrogens with one attached hydrogen (secondary N) is 3. The van der Waals surface area contributed by atoms with Crippen molar-refractivity contribution in [1.29, 1.82) is 0 Å². The molecule has 4 aromatic carbocycles. The number of alkyl carbamates (subject to hydrolysis) is 2. The Bertz CT molecular complexity index is 2880.